The molecular weight excluding hydrogens is 258 g/mol. The highest BCUT2D eigenvalue weighted by Crippen LogP contribution is 2.08. The molecule has 0 aliphatic rings. The zero-order valence-electron chi connectivity index (χ0n) is 10.8. The van der Waals surface area contributed by atoms with E-state index in [1.807, 2.05) is 12.3 Å². The van der Waals surface area contributed by atoms with Crippen LogP contribution in [0.4, 0.5) is 0 Å². The molecule has 2 rings (SSSR count). The van der Waals surface area contributed by atoms with Gasteiger partial charge in [0.2, 0.25) is 0 Å². The molecule has 0 bridgehead atoms. The first-order valence-electron chi connectivity index (χ1n) is 6.27. The molecule has 0 saturated carbocycles. The lowest BCUT2D eigenvalue weighted by Crippen LogP contribution is -2.24. The highest BCUT2D eigenvalue weighted by Gasteiger charge is 2.05. The van der Waals surface area contributed by atoms with E-state index >= 15 is 0 Å². The van der Waals surface area contributed by atoms with E-state index in [0.29, 0.717) is 18.5 Å². The van der Waals surface area contributed by atoms with E-state index in [1.165, 1.54) is 0 Å². The number of carboxylic acids is 1. The number of aliphatic carboxylic acids is 1. The maximum absolute atomic E-state index is 11.8. The van der Waals surface area contributed by atoms with Gasteiger partial charge in [0.1, 0.15) is 0 Å². The van der Waals surface area contributed by atoms with Gasteiger partial charge in [-0.3, -0.25) is 9.59 Å². The van der Waals surface area contributed by atoms with Gasteiger partial charge in [0.05, 0.1) is 5.69 Å². The van der Waals surface area contributed by atoms with Gasteiger partial charge in [0, 0.05) is 30.9 Å². The zero-order chi connectivity index (χ0) is 14.4. The maximum Gasteiger partial charge on any atom is 0.303 e. The first kappa shape index (κ1) is 13.8. The van der Waals surface area contributed by atoms with Crippen molar-refractivity contribution in [1.82, 2.24) is 15.1 Å². The first-order valence-corrected chi connectivity index (χ1v) is 6.27. The summed E-state index contributed by atoms with van der Waals surface area (Å²) in [5, 5.41) is 15.3. The molecular formula is C14H15N3O3. The number of rotatable bonds is 6. The van der Waals surface area contributed by atoms with Gasteiger partial charge in [0.15, 0.2) is 0 Å². The Morgan fingerprint density at radius 2 is 2.00 bits per heavy atom. The van der Waals surface area contributed by atoms with Crippen LogP contribution in [0.25, 0.3) is 5.69 Å². The minimum absolute atomic E-state index is 0.0541. The largest absolute Gasteiger partial charge is 0.481 e. The van der Waals surface area contributed by atoms with Gasteiger partial charge >= 0.3 is 5.97 Å². The topological polar surface area (TPSA) is 84.2 Å². The summed E-state index contributed by atoms with van der Waals surface area (Å²) >= 11 is 0. The lowest BCUT2D eigenvalue weighted by Gasteiger charge is -2.06. The standard InChI is InChI=1S/C14H15N3O3/c18-13(19)3-1-8-15-14(20)11-4-6-12(7-5-11)17-10-2-9-16-17/h2,4-7,9-10H,1,3,8H2,(H,15,20)(H,18,19). The molecule has 1 aromatic heterocycles. The Labute approximate surface area is 116 Å². The summed E-state index contributed by atoms with van der Waals surface area (Å²) in [6.07, 6.45) is 3.98. The van der Waals surface area contributed by atoms with Gasteiger partial charge in [-0.2, -0.15) is 5.10 Å². The smallest absolute Gasteiger partial charge is 0.303 e. The molecule has 0 spiro atoms. The predicted octanol–water partition coefficient (Wildman–Crippen LogP) is 1.47. The molecule has 0 radical (unpaired) electrons. The van der Waals surface area contributed by atoms with Gasteiger partial charge < -0.3 is 10.4 Å². The molecule has 20 heavy (non-hydrogen) atoms. The lowest BCUT2D eigenvalue weighted by atomic mass is 10.2. The van der Waals surface area contributed by atoms with Crippen molar-refractivity contribution < 1.29 is 14.7 Å². The third-order valence-electron chi connectivity index (χ3n) is 2.75. The van der Waals surface area contributed by atoms with Gasteiger partial charge in [0.25, 0.3) is 5.91 Å². The van der Waals surface area contributed by atoms with Crippen molar-refractivity contribution in [3.63, 3.8) is 0 Å². The van der Waals surface area contributed by atoms with Crippen LogP contribution in [0.15, 0.2) is 42.7 Å². The molecule has 1 amide bonds. The van der Waals surface area contributed by atoms with Crippen LogP contribution in [0.2, 0.25) is 0 Å². The number of nitrogens with zero attached hydrogens (tertiary/aromatic N) is 2. The van der Waals surface area contributed by atoms with E-state index in [0.717, 1.165) is 5.69 Å². The molecule has 0 aliphatic carbocycles. The van der Waals surface area contributed by atoms with Gasteiger partial charge in [-0.1, -0.05) is 0 Å². The molecule has 0 fully saturated rings. The van der Waals surface area contributed by atoms with Crippen LogP contribution in [0.3, 0.4) is 0 Å². The maximum atomic E-state index is 11.8. The number of amides is 1. The quantitative estimate of drug-likeness (QED) is 0.780. The first-order chi connectivity index (χ1) is 9.66. The van der Waals surface area contributed by atoms with Crippen LogP contribution in [0.1, 0.15) is 23.2 Å². The molecule has 2 aromatic rings. The molecule has 1 heterocycles. The highest BCUT2D eigenvalue weighted by atomic mass is 16.4. The molecule has 6 heteroatoms. The fraction of sp³-hybridized carbons (Fsp3) is 0.214. The molecule has 0 saturated heterocycles. The molecule has 2 N–H and O–H groups in total. The van der Waals surface area contributed by atoms with Crippen molar-refractivity contribution in [2.75, 3.05) is 6.54 Å². The number of carbonyl (C=O) groups excluding carboxylic acids is 1. The SMILES string of the molecule is O=C(O)CCCNC(=O)c1ccc(-n2cccn2)cc1. The van der Waals surface area contributed by atoms with E-state index in [1.54, 1.807) is 35.1 Å². The minimum atomic E-state index is -0.858. The molecule has 6 nitrogen and oxygen atoms in total. The van der Waals surface area contributed by atoms with E-state index in [4.69, 9.17) is 5.11 Å². The van der Waals surface area contributed by atoms with Gasteiger partial charge in [-0.25, -0.2) is 4.68 Å². The fourth-order valence-electron chi connectivity index (χ4n) is 1.73. The van der Waals surface area contributed by atoms with Crippen molar-refractivity contribution >= 4 is 11.9 Å². The van der Waals surface area contributed by atoms with Crippen molar-refractivity contribution in [2.24, 2.45) is 0 Å². The predicted molar refractivity (Wildman–Crippen MR) is 72.8 cm³/mol. The summed E-state index contributed by atoms with van der Waals surface area (Å²) in [4.78, 5) is 22.1. The number of aromatic nitrogens is 2. The Morgan fingerprint density at radius 1 is 1.25 bits per heavy atom. The molecule has 0 atom stereocenters. The summed E-state index contributed by atoms with van der Waals surface area (Å²) in [6.45, 7) is 0.353. The summed E-state index contributed by atoms with van der Waals surface area (Å²) in [5.74, 6) is -1.06. The number of benzene rings is 1. The number of nitrogens with one attached hydrogen (secondary N) is 1. The van der Waals surface area contributed by atoms with Crippen LogP contribution in [0, 0.1) is 0 Å². The third kappa shape index (κ3) is 3.68. The van der Waals surface area contributed by atoms with Gasteiger partial charge in [-0.15, -0.1) is 0 Å². The highest BCUT2D eigenvalue weighted by molar-refractivity contribution is 5.94. The van der Waals surface area contributed by atoms with Crippen LogP contribution in [0.5, 0.6) is 0 Å². The van der Waals surface area contributed by atoms with E-state index < -0.39 is 5.97 Å². The van der Waals surface area contributed by atoms with Crippen LogP contribution < -0.4 is 5.32 Å². The Hall–Kier alpha value is -2.63. The molecule has 104 valence electrons. The Bertz CT molecular complexity index is 576. The molecule has 0 aliphatic heterocycles. The second kappa shape index (κ2) is 6.51. The van der Waals surface area contributed by atoms with Crippen molar-refractivity contribution in [3.8, 4) is 5.69 Å². The lowest BCUT2D eigenvalue weighted by molar-refractivity contribution is -0.137. The van der Waals surface area contributed by atoms with Gasteiger partial charge in [-0.05, 0) is 36.8 Å². The molecule has 1 aromatic carbocycles. The summed E-state index contributed by atoms with van der Waals surface area (Å²) in [7, 11) is 0. The van der Waals surface area contributed by atoms with Crippen molar-refractivity contribution in [2.45, 2.75) is 12.8 Å². The van der Waals surface area contributed by atoms with Crippen LogP contribution in [-0.2, 0) is 4.79 Å². The Morgan fingerprint density at radius 3 is 2.60 bits per heavy atom. The number of hydrogen-bond acceptors (Lipinski definition) is 3. The molecule has 0 unspecified atom stereocenters. The van der Waals surface area contributed by atoms with E-state index in [-0.39, 0.29) is 12.3 Å². The monoisotopic (exact) mass is 273 g/mol. The normalized spacial score (nSPS) is 10.2. The minimum Gasteiger partial charge on any atom is -0.481 e. The fourth-order valence-corrected chi connectivity index (χ4v) is 1.73. The van der Waals surface area contributed by atoms with E-state index in [9.17, 15) is 9.59 Å². The van der Waals surface area contributed by atoms with Crippen LogP contribution >= 0.6 is 0 Å². The Kier molecular flexibility index (Phi) is 4.49. The number of hydrogen-bond donors (Lipinski definition) is 2. The summed E-state index contributed by atoms with van der Waals surface area (Å²) in [6, 6.07) is 8.86. The number of carboxylic acid groups (broad SMARTS) is 1. The average molecular weight is 273 g/mol. The second-order valence-corrected chi connectivity index (χ2v) is 4.25. The number of carbonyl (C=O) groups is 2. The van der Waals surface area contributed by atoms with E-state index in [2.05, 4.69) is 10.4 Å². The Balaban J connectivity index is 1.89. The third-order valence-corrected chi connectivity index (χ3v) is 2.75. The average Bonchev–Trinajstić information content (AvgIpc) is 2.97. The van der Waals surface area contributed by atoms with Crippen molar-refractivity contribution in [1.29, 1.82) is 0 Å². The summed E-state index contributed by atoms with van der Waals surface area (Å²) < 4.78 is 1.70. The van der Waals surface area contributed by atoms with Crippen molar-refractivity contribution in [3.05, 3.63) is 48.3 Å². The van der Waals surface area contributed by atoms with Crippen LogP contribution in [-0.4, -0.2) is 33.3 Å². The second-order valence-electron chi connectivity index (χ2n) is 4.25. The summed E-state index contributed by atoms with van der Waals surface area (Å²) in [5.41, 5.74) is 1.41. The zero-order valence-corrected chi connectivity index (χ0v) is 10.8.